The van der Waals surface area contributed by atoms with Crippen LogP contribution < -0.4 is 4.74 Å². The molecule has 0 radical (unpaired) electrons. The number of hydrogen-bond donors (Lipinski definition) is 1. The third kappa shape index (κ3) is 5.19. The quantitative estimate of drug-likeness (QED) is 0.705. The zero-order valence-corrected chi connectivity index (χ0v) is 18.0. The fourth-order valence-electron chi connectivity index (χ4n) is 4.09. The van der Waals surface area contributed by atoms with Gasteiger partial charge in [0, 0.05) is 13.7 Å². The van der Waals surface area contributed by atoms with Crippen LogP contribution in [0, 0.1) is 12.8 Å². The highest BCUT2D eigenvalue weighted by Gasteiger charge is 2.29. The van der Waals surface area contributed by atoms with Crippen LogP contribution in [0.2, 0.25) is 0 Å². The van der Waals surface area contributed by atoms with Crippen LogP contribution in [0.3, 0.4) is 0 Å². The summed E-state index contributed by atoms with van der Waals surface area (Å²) in [5.74, 6) is -0.693. The molecule has 2 fully saturated rings. The summed E-state index contributed by atoms with van der Waals surface area (Å²) in [5, 5.41) is 17.6. The van der Waals surface area contributed by atoms with Gasteiger partial charge in [-0.15, -0.1) is 5.10 Å². The number of aliphatic carboxylic acids is 1. The first-order valence-electron chi connectivity index (χ1n) is 10.9. The second kappa shape index (κ2) is 9.69. The van der Waals surface area contributed by atoms with E-state index in [2.05, 4.69) is 20.3 Å². The van der Waals surface area contributed by atoms with E-state index in [1.807, 2.05) is 14.0 Å². The monoisotopic (exact) mass is 431 g/mol. The second-order valence-electron chi connectivity index (χ2n) is 8.20. The van der Waals surface area contributed by atoms with E-state index in [4.69, 9.17) is 14.2 Å². The lowest BCUT2D eigenvalue weighted by atomic mass is 9.87. The largest absolute Gasteiger partial charge is 0.481 e. The van der Waals surface area contributed by atoms with Gasteiger partial charge < -0.3 is 19.3 Å². The van der Waals surface area contributed by atoms with Gasteiger partial charge in [0.1, 0.15) is 23.2 Å². The molecular weight excluding hydrogens is 402 g/mol. The predicted octanol–water partition coefficient (Wildman–Crippen LogP) is 2.65. The first-order valence-corrected chi connectivity index (χ1v) is 10.9. The minimum absolute atomic E-state index is 0.162. The van der Waals surface area contributed by atoms with Crippen LogP contribution in [0.15, 0.2) is 6.20 Å². The number of carboxylic acids is 1. The molecule has 0 bridgehead atoms. The first kappa shape index (κ1) is 21.6. The Balaban J connectivity index is 1.45. The lowest BCUT2D eigenvalue weighted by Crippen LogP contribution is -2.30. The Labute approximate surface area is 180 Å². The minimum atomic E-state index is -0.762. The molecule has 10 nitrogen and oxygen atoms in total. The summed E-state index contributed by atoms with van der Waals surface area (Å²) in [5.41, 5.74) is 2.63. The third-order valence-electron chi connectivity index (χ3n) is 5.88. The van der Waals surface area contributed by atoms with Gasteiger partial charge in [0.05, 0.1) is 24.4 Å². The van der Waals surface area contributed by atoms with Crippen LogP contribution in [0.1, 0.15) is 56.3 Å². The number of nitrogens with zero attached hydrogens (tertiary/aromatic N) is 5. The van der Waals surface area contributed by atoms with Crippen molar-refractivity contribution < 1.29 is 24.1 Å². The van der Waals surface area contributed by atoms with Crippen LogP contribution in [-0.4, -0.2) is 55.0 Å². The maximum Gasteiger partial charge on any atom is 0.306 e. The molecular formula is C21H29N5O5. The topological polar surface area (TPSA) is 121 Å². The Morgan fingerprint density at radius 2 is 2.16 bits per heavy atom. The van der Waals surface area contributed by atoms with E-state index in [1.165, 1.54) is 0 Å². The van der Waals surface area contributed by atoms with Crippen LogP contribution >= 0.6 is 0 Å². The second-order valence-corrected chi connectivity index (χ2v) is 8.20. The van der Waals surface area contributed by atoms with E-state index < -0.39 is 5.97 Å². The van der Waals surface area contributed by atoms with Crippen molar-refractivity contribution in [1.82, 2.24) is 25.0 Å². The Morgan fingerprint density at radius 3 is 2.90 bits per heavy atom. The predicted molar refractivity (Wildman–Crippen MR) is 109 cm³/mol. The van der Waals surface area contributed by atoms with E-state index in [0.29, 0.717) is 42.4 Å². The number of carbonyl (C=O) groups is 1. The molecule has 1 saturated heterocycles. The summed E-state index contributed by atoms with van der Waals surface area (Å²) in [6.45, 7) is 2.87. The molecule has 1 unspecified atom stereocenters. The van der Waals surface area contributed by atoms with Crippen molar-refractivity contribution in [2.75, 3.05) is 6.61 Å². The number of ether oxygens (including phenoxy) is 3. The van der Waals surface area contributed by atoms with Gasteiger partial charge in [-0.1, -0.05) is 5.21 Å². The molecule has 3 heterocycles. The molecule has 31 heavy (non-hydrogen) atoms. The molecule has 10 heteroatoms. The maximum atomic E-state index is 11.3. The van der Waals surface area contributed by atoms with Gasteiger partial charge in [-0.3, -0.25) is 4.79 Å². The van der Waals surface area contributed by atoms with Crippen molar-refractivity contribution in [2.24, 2.45) is 13.0 Å². The zero-order valence-electron chi connectivity index (χ0n) is 18.0. The molecule has 1 N–H and O–H groups in total. The molecule has 1 aliphatic heterocycles. The van der Waals surface area contributed by atoms with E-state index in [-0.39, 0.29) is 18.3 Å². The number of aryl methyl sites for hydroxylation is 2. The Kier molecular flexibility index (Phi) is 6.77. The molecule has 0 spiro atoms. The fourth-order valence-corrected chi connectivity index (χ4v) is 4.09. The standard InChI is InChI=1S/C21H29N5O5/c1-13-20(31-15-7-5-6-14(10-15)21(27)28)22-11-16(23-13)19-17(26(2)25-24-19)12-30-18-8-3-4-9-29-18/h11,14-15,18H,3-10,12H2,1-2H3,(H,27,28)/t14-,15-,18?/m0/s1. The Hall–Kier alpha value is -2.59. The summed E-state index contributed by atoms with van der Waals surface area (Å²) in [7, 11) is 1.82. The van der Waals surface area contributed by atoms with E-state index in [1.54, 1.807) is 10.9 Å². The summed E-state index contributed by atoms with van der Waals surface area (Å²) in [4.78, 5) is 20.4. The van der Waals surface area contributed by atoms with Gasteiger partial charge in [0.25, 0.3) is 0 Å². The van der Waals surface area contributed by atoms with Crippen LogP contribution in [-0.2, 0) is 27.9 Å². The SMILES string of the molecule is Cc1nc(-c2nnn(C)c2COC2CCCCO2)cnc1O[C@H]1CCC[C@H](C(=O)O)C1. The number of carboxylic acid groups (broad SMARTS) is 1. The number of hydrogen-bond acceptors (Lipinski definition) is 8. The normalized spacial score (nSPS) is 24.1. The van der Waals surface area contributed by atoms with Gasteiger partial charge in [-0.05, 0) is 51.9 Å². The molecule has 2 aromatic heterocycles. The highest BCUT2D eigenvalue weighted by atomic mass is 16.7. The highest BCUT2D eigenvalue weighted by Crippen LogP contribution is 2.29. The summed E-state index contributed by atoms with van der Waals surface area (Å²) >= 11 is 0. The molecule has 0 aromatic carbocycles. The van der Waals surface area contributed by atoms with Gasteiger partial charge in [0.2, 0.25) is 5.88 Å². The minimum Gasteiger partial charge on any atom is -0.481 e. The molecule has 4 rings (SSSR count). The average molecular weight is 431 g/mol. The molecule has 1 saturated carbocycles. The van der Waals surface area contributed by atoms with Gasteiger partial charge in [-0.2, -0.15) is 0 Å². The molecule has 168 valence electrons. The van der Waals surface area contributed by atoms with Crippen LogP contribution in [0.5, 0.6) is 5.88 Å². The summed E-state index contributed by atoms with van der Waals surface area (Å²) in [6.07, 6.45) is 7.15. The van der Waals surface area contributed by atoms with E-state index in [9.17, 15) is 9.90 Å². The summed E-state index contributed by atoms with van der Waals surface area (Å²) < 4.78 is 19.2. The van der Waals surface area contributed by atoms with Crippen LogP contribution in [0.4, 0.5) is 0 Å². The smallest absolute Gasteiger partial charge is 0.306 e. The fraction of sp³-hybridized carbons (Fsp3) is 0.667. The molecule has 3 atom stereocenters. The van der Waals surface area contributed by atoms with Gasteiger partial charge >= 0.3 is 5.97 Å². The van der Waals surface area contributed by atoms with Gasteiger partial charge in [0.15, 0.2) is 6.29 Å². The maximum absolute atomic E-state index is 11.3. The van der Waals surface area contributed by atoms with Crippen molar-refractivity contribution in [1.29, 1.82) is 0 Å². The van der Waals surface area contributed by atoms with Crippen molar-refractivity contribution in [2.45, 2.75) is 70.9 Å². The molecule has 0 amide bonds. The van der Waals surface area contributed by atoms with Crippen LogP contribution in [0.25, 0.3) is 11.4 Å². The number of aromatic nitrogens is 5. The van der Waals surface area contributed by atoms with Crippen molar-refractivity contribution in [3.8, 4) is 17.3 Å². The zero-order chi connectivity index (χ0) is 21.8. The number of rotatable bonds is 7. The third-order valence-corrected chi connectivity index (χ3v) is 5.88. The highest BCUT2D eigenvalue weighted by molar-refractivity contribution is 5.70. The van der Waals surface area contributed by atoms with Crippen molar-refractivity contribution in [3.63, 3.8) is 0 Å². The van der Waals surface area contributed by atoms with Gasteiger partial charge in [-0.25, -0.2) is 14.6 Å². The summed E-state index contributed by atoms with van der Waals surface area (Å²) in [6, 6.07) is 0. The average Bonchev–Trinajstić information content (AvgIpc) is 3.15. The van der Waals surface area contributed by atoms with Crippen molar-refractivity contribution in [3.05, 3.63) is 17.6 Å². The Bertz CT molecular complexity index is 912. The van der Waals surface area contributed by atoms with E-state index >= 15 is 0 Å². The lowest BCUT2D eigenvalue weighted by Gasteiger charge is -2.27. The first-order chi connectivity index (χ1) is 15.0. The lowest BCUT2D eigenvalue weighted by molar-refractivity contribution is -0.169. The molecule has 2 aromatic rings. The molecule has 1 aliphatic carbocycles. The molecule has 2 aliphatic rings. The van der Waals surface area contributed by atoms with E-state index in [0.717, 1.165) is 44.4 Å². The van der Waals surface area contributed by atoms with Crippen molar-refractivity contribution >= 4 is 5.97 Å². The Morgan fingerprint density at radius 1 is 1.29 bits per heavy atom.